The van der Waals surface area contributed by atoms with Crippen LogP contribution in [0.15, 0.2) is 53.5 Å². The molecule has 1 saturated heterocycles. The lowest BCUT2D eigenvalue weighted by Crippen LogP contribution is -2.39. The zero-order valence-electron chi connectivity index (χ0n) is 16.7. The van der Waals surface area contributed by atoms with E-state index in [0.717, 1.165) is 0 Å². The van der Waals surface area contributed by atoms with Crippen molar-refractivity contribution in [1.29, 1.82) is 0 Å². The molecular weight excluding hydrogens is 403 g/mol. The van der Waals surface area contributed by atoms with Gasteiger partial charge in [0.05, 0.1) is 23.1 Å². The van der Waals surface area contributed by atoms with Crippen molar-refractivity contribution in [3.63, 3.8) is 0 Å². The Labute approximate surface area is 177 Å². The first-order valence-corrected chi connectivity index (χ1v) is 10.1. The first kappa shape index (κ1) is 20.8. The summed E-state index contributed by atoms with van der Waals surface area (Å²) in [5.41, 5.74) is 0.0404. The number of nitro benzene ring substituents is 1. The Hall–Kier alpha value is -3.46. The zero-order chi connectivity index (χ0) is 22.0. The third-order valence-corrected chi connectivity index (χ3v) is 5.76. The molecule has 2 aromatic carbocycles. The minimum Gasteiger partial charge on any atom is -0.301 e. The SMILES string of the molecule is O=C(c1ccc(F)cc1)C1CCN(CCn2ncc3ccc([N+](=O)[O-])cc3c2=O)CC1. The summed E-state index contributed by atoms with van der Waals surface area (Å²) in [6.45, 7) is 2.37. The number of nitrogens with zero attached hydrogens (tertiary/aromatic N) is 4. The number of ketones is 1. The quantitative estimate of drug-likeness (QED) is 0.343. The van der Waals surface area contributed by atoms with Crippen molar-refractivity contribution in [3.8, 4) is 0 Å². The van der Waals surface area contributed by atoms with E-state index in [-0.39, 0.29) is 34.2 Å². The second-order valence-corrected chi connectivity index (χ2v) is 7.69. The maximum atomic E-state index is 13.1. The molecule has 4 rings (SSSR count). The van der Waals surface area contributed by atoms with E-state index in [1.54, 1.807) is 0 Å². The van der Waals surface area contributed by atoms with Crippen molar-refractivity contribution in [2.45, 2.75) is 19.4 Å². The van der Waals surface area contributed by atoms with Crippen molar-refractivity contribution < 1.29 is 14.1 Å². The van der Waals surface area contributed by atoms with E-state index in [0.29, 0.717) is 50.0 Å². The largest absolute Gasteiger partial charge is 0.301 e. The fourth-order valence-electron chi connectivity index (χ4n) is 3.94. The Kier molecular flexibility index (Phi) is 5.85. The standard InChI is InChI=1S/C22H21FN4O4/c23-18-4-1-15(2-5-18)21(28)16-7-9-25(10-8-16)11-12-26-22(29)20-13-19(27(30)31)6-3-17(20)14-24-26/h1-6,13-14,16H,7-12H2. The van der Waals surface area contributed by atoms with Crippen molar-refractivity contribution in [2.75, 3.05) is 19.6 Å². The number of piperidine rings is 1. The first-order chi connectivity index (χ1) is 14.9. The van der Waals surface area contributed by atoms with E-state index < -0.39 is 4.92 Å². The van der Waals surface area contributed by atoms with Gasteiger partial charge in [0.2, 0.25) is 0 Å². The number of nitro groups is 1. The number of Topliss-reactive ketones (excluding diaryl/α,β-unsaturated/α-hetero) is 1. The molecule has 0 bridgehead atoms. The van der Waals surface area contributed by atoms with Gasteiger partial charge in [-0.15, -0.1) is 0 Å². The molecule has 0 unspecified atom stereocenters. The van der Waals surface area contributed by atoms with Crippen LogP contribution in [0.3, 0.4) is 0 Å². The molecule has 160 valence electrons. The molecule has 0 radical (unpaired) electrons. The van der Waals surface area contributed by atoms with Gasteiger partial charge in [-0.1, -0.05) is 0 Å². The van der Waals surface area contributed by atoms with Crippen molar-refractivity contribution >= 4 is 22.2 Å². The van der Waals surface area contributed by atoms with Crippen molar-refractivity contribution in [3.05, 3.63) is 80.5 Å². The first-order valence-electron chi connectivity index (χ1n) is 10.1. The minimum absolute atomic E-state index is 0.0358. The van der Waals surface area contributed by atoms with Gasteiger partial charge in [-0.2, -0.15) is 5.10 Å². The van der Waals surface area contributed by atoms with Gasteiger partial charge in [-0.3, -0.25) is 19.7 Å². The molecule has 9 heteroatoms. The second kappa shape index (κ2) is 8.73. The Morgan fingerprint density at radius 3 is 2.52 bits per heavy atom. The van der Waals surface area contributed by atoms with Gasteiger partial charge in [-0.05, 0) is 56.3 Å². The Morgan fingerprint density at radius 1 is 1.13 bits per heavy atom. The number of hydrogen-bond donors (Lipinski definition) is 0. The zero-order valence-corrected chi connectivity index (χ0v) is 16.7. The third kappa shape index (κ3) is 4.51. The number of aromatic nitrogens is 2. The molecule has 0 N–H and O–H groups in total. The molecule has 0 saturated carbocycles. The molecule has 1 aliphatic heterocycles. The molecule has 0 amide bonds. The molecule has 1 fully saturated rings. The Bertz CT molecular complexity index is 1180. The topological polar surface area (TPSA) is 98.3 Å². The van der Waals surface area contributed by atoms with Crippen LogP contribution in [-0.4, -0.2) is 45.0 Å². The molecular formula is C22H21FN4O4. The number of halogens is 1. The van der Waals surface area contributed by atoms with Gasteiger partial charge in [0.15, 0.2) is 5.78 Å². The highest BCUT2D eigenvalue weighted by Gasteiger charge is 2.25. The molecule has 8 nitrogen and oxygen atoms in total. The molecule has 0 atom stereocenters. The minimum atomic E-state index is -0.527. The highest BCUT2D eigenvalue weighted by atomic mass is 19.1. The van der Waals surface area contributed by atoms with Crippen LogP contribution in [0.5, 0.6) is 0 Å². The van der Waals surface area contributed by atoms with E-state index in [1.165, 1.54) is 53.3 Å². The van der Waals surface area contributed by atoms with Crippen LogP contribution in [0.4, 0.5) is 10.1 Å². The van der Waals surface area contributed by atoms with Crippen LogP contribution in [0.1, 0.15) is 23.2 Å². The normalized spacial score (nSPS) is 15.3. The summed E-state index contributed by atoms with van der Waals surface area (Å²) >= 11 is 0. The number of carbonyl (C=O) groups excluding carboxylic acids is 1. The van der Waals surface area contributed by atoms with Crippen LogP contribution in [-0.2, 0) is 6.54 Å². The smallest absolute Gasteiger partial charge is 0.274 e. The maximum Gasteiger partial charge on any atom is 0.274 e. The lowest BCUT2D eigenvalue weighted by molar-refractivity contribution is -0.384. The van der Waals surface area contributed by atoms with Crippen molar-refractivity contribution in [1.82, 2.24) is 14.7 Å². The lowest BCUT2D eigenvalue weighted by atomic mass is 9.89. The molecule has 31 heavy (non-hydrogen) atoms. The Balaban J connectivity index is 1.37. The summed E-state index contributed by atoms with van der Waals surface area (Å²) in [7, 11) is 0. The van der Waals surface area contributed by atoms with E-state index >= 15 is 0 Å². The number of hydrogen-bond acceptors (Lipinski definition) is 6. The molecule has 0 spiro atoms. The predicted octanol–water partition coefficient (Wildman–Crippen LogP) is 3.04. The second-order valence-electron chi connectivity index (χ2n) is 7.69. The van der Waals surface area contributed by atoms with E-state index in [1.807, 2.05) is 0 Å². The van der Waals surface area contributed by atoms with Crippen LogP contribution in [0.2, 0.25) is 0 Å². The number of fused-ring (bicyclic) bond motifs is 1. The van der Waals surface area contributed by atoms with Crippen LogP contribution in [0.25, 0.3) is 10.8 Å². The summed E-state index contributed by atoms with van der Waals surface area (Å²) in [5.74, 6) is -0.420. The number of non-ortho nitro benzene ring substituents is 1. The van der Waals surface area contributed by atoms with Gasteiger partial charge in [-0.25, -0.2) is 9.07 Å². The van der Waals surface area contributed by atoms with Gasteiger partial charge < -0.3 is 4.90 Å². The number of benzene rings is 2. The maximum absolute atomic E-state index is 13.1. The average molecular weight is 424 g/mol. The van der Waals surface area contributed by atoms with Crippen LogP contribution >= 0.6 is 0 Å². The van der Waals surface area contributed by atoms with Crippen LogP contribution in [0, 0.1) is 21.8 Å². The Morgan fingerprint density at radius 2 is 1.84 bits per heavy atom. The summed E-state index contributed by atoms with van der Waals surface area (Å²) in [4.78, 5) is 37.9. The highest BCUT2D eigenvalue weighted by molar-refractivity contribution is 5.97. The molecule has 1 aliphatic rings. The fourth-order valence-corrected chi connectivity index (χ4v) is 3.94. The van der Waals surface area contributed by atoms with E-state index in [9.17, 15) is 24.1 Å². The third-order valence-electron chi connectivity index (χ3n) is 5.76. The summed E-state index contributed by atoms with van der Waals surface area (Å²) in [6.07, 6.45) is 2.93. The highest BCUT2D eigenvalue weighted by Crippen LogP contribution is 2.22. The average Bonchev–Trinajstić information content (AvgIpc) is 2.79. The lowest BCUT2D eigenvalue weighted by Gasteiger charge is -2.31. The molecule has 1 aromatic heterocycles. The number of carbonyl (C=O) groups is 1. The fraction of sp³-hybridized carbons (Fsp3) is 0.318. The van der Waals surface area contributed by atoms with Gasteiger partial charge in [0, 0.05) is 35.5 Å². The van der Waals surface area contributed by atoms with E-state index in [2.05, 4.69) is 10.00 Å². The van der Waals surface area contributed by atoms with Gasteiger partial charge >= 0.3 is 0 Å². The molecule has 0 aliphatic carbocycles. The summed E-state index contributed by atoms with van der Waals surface area (Å²) in [5, 5.41) is 16.0. The predicted molar refractivity (Wildman–Crippen MR) is 113 cm³/mol. The van der Waals surface area contributed by atoms with Gasteiger partial charge in [0.1, 0.15) is 5.82 Å². The number of rotatable bonds is 6. The van der Waals surface area contributed by atoms with Crippen LogP contribution < -0.4 is 5.56 Å². The summed E-state index contributed by atoms with van der Waals surface area (Å²) in [6, 6.07) is 9.79. The van der Waals surface area contributed by atoms with Gasteiger partial charge in [0.25, 0.3) is 11.2 Å². The monoisotopic (exact) mass is 424 g/mol. The van der Waals surface area contributed by atoms with E-state index in [4.69, 9.17) is 0 Å². The number of likely N-dealkylation sites (tertiary alicyclic amines) is 1. The molecule has 2 heterocycles. The van der Waals surface area contributed by atoms with Crippen molar-refractivity contribution in [2.24, 2.45) is 5.92 Å². The molecule has 3 aromatic rings. The summed E-state index contributed by atoms with van der Waals surface area (Å²) < 4.78 is 14.4.